The molecule has 0 atom stereocenters. The number of para-hydroxylation sites is 1. The van der Waals surface area contributed by atoms with Gasteiger partial charge in [-0.2, -0.15) is 0 Å². The molecule has 1 heterocycles. The molecule has 3 rings (SSSR count). The van der Waals surface area contributed by atoms with Crippen LogP contribution in [0.5, 0.6) is 0 Å². The molecule has 0 fully saturated rings. The predicted molar refractivity (Wildman–Crippen MR) is 91.5 cm³/mol. The SMILES string of the molecule is Cn1c(CCC(=O)OCc2cccc(F)c2F)nc2ccccc2c1=O. The molecule has 7 heteroatoms. The summed E-state index contributed by atoms with van der Waals surface area (Å²) in [5.74, 6) is -2.16. The fourth-order valence-electron chi connectivity index (χ4n) is 2.59. The van der Waals surface area contributed by atoms with Gasteiger partial charge in [-0.1, -0.05) is 24.3 Å². The second-order valence-electron chi connectivity index (χ2n) is 5.78. The van der Waals surface area contributed by atoms with Crippen LogP contribution >= 0.6 is 0 Å². The Hall–Kier alpha value is -3.09. The molecule has 0 amide bonds. The number of aryl methyl sites for hydroxylation is 1. The van der Waals surface area contributed by atoms with Crippen molar-refractivity contribution >= 4 is 16.9 Å². The van der Waals surface area contributed by atoms with Gasteiger partial charge in [0.1, 0.15) is 12.4 Å². The number of carbonyl (C=O) groups is 1. The number of carbonyl (C=O) groups excluding carboxylic acids is 1. The molecule has 0 saturated carbocycles. The second kappa shape index (κ2) is 7.43. The molecule has 3 aromatic rings. The number of aromatic nitrogens is 2. The highest BCUT2D eigenvalue weighted by atomic mass is 19.2. The summed E-state index contributed by atoms with van der Waals surface area (Å²) in [5, 5.41) is 0.503. The summed E-state index contributed by atoms with van der Waals surface area (Å²) in [6.45, 7) is -0.355. The summed E-state index contributed by atoms with van der Waals surface area (Å²) in [6, 6.07) is 10.6. The molecule has 26 heavy (non-hydrogen) atoms. The summed E-state index contributed by atoms with van der Waals surface area (Å²) in [4.78, 5) is 28.6. The lowest BCUT2D eigenvalue weighted by Gasteiger charge is -2.09. The lowest BCUT2D eigenvalue weighted by Crippen LogP contribution is -2.23. The van der Waals surface area contributed by atoms with Gasteiger partial charge in [-0.05, 0) is 18.2 Å². The fraction of sp³-hybridized carbons (Fsp3) is 0.211. The highest BCUT2D eigenvalue weighted by molar-refractivity contribution is 5.77. The van der Waals surface area contributed by atoms with Crippen LogP contribution in [0.4, 0.5) is 8.78 Å². The predicted octanol–water partition coefficient (Wildman–Crippen LogP) is 2.89. The van der Waals surface area contributed by atoms with Crippen molar-refractivity contribution in [2.75, 3.05) is 0 Å². The van der Waals surface area contributed by atoms with E-state index in [-0.39, 0.29) is 30.6 Å². The normalized spacial score (nSPS) is 10.9. The van der Waals surface area contributed by atoms with Gasteiger partial charge in [0.15, 0.2) is 11.6 Å². The van der Waals surface area contributed by atoms with E-state index in [9.17, 15) is 18.4 Å². The van der Waals surface area contributed by atoms with Gasteiger partial charge in [0.25, 0.3) is 5.56 Å². The van der Waals surface area contributed by atoms with Gasteiger partial charge >= 0.3 is 5.97 Å². The van der Waals surface area contributed by atoms with E-state index in [1.165, 1.54) is 16.7 Å². The first-order chi connectivity index (χ1) is 12.5. The summed E-state index contributed by atoms with van der Waals surface area (Å²) in [6.07, 6.45) is 0.163. The van der Waals surface area contributed by atoms with Crippen LogP contribution in [0, 0.1) is 11.6 Å². The van der Waals surface area contributed by atoms with E-state index in [4.69, 9.17) is 4.74 Å². The Morgan fingerprint density at radius 1 is 1.15 bits per heavy atom. The quantitative estimate of drug-likeness (QED) is 0.658. The van der Waals surface area contributed by atoms with Crippen LogP contribution in [0.25, 0.3) is 10.9 Å². The molecule has 1 aromatic heterocycles. The third-order valence-corrected chi connectivity index (χ3v) is 4.05. The van der Waals surface area contributed by atoms with Crippen LogP contribution in [0.1, 0.15) is 17.8 Å². The molecule has 5 nitrogen and oxygen atoms in total. The summed E-state index contributed by atoms with van der Waals surface area (Å²) in [7, 11) is 1.59. The van der Waals surface area contributed by atoms with Crippen molar-refractivity contribution in [2.45, 2.75) is 19.4 Å². The number of hydrogen-bond acceptors (Lipinski definition) is 4. The van der Waals surface area contributed by atoms with Crippen LogP contribution in [0.15, 0.2) is 47.3 Å². The molecule has 0 N–H and O–H groups in total. The number of fused-ring (bicyclic) bond motifs is 1. The number of halogens is 2. The van der Waals surface area contributed by atoms with Gasteiger partial charge < -0.3 is 4.74 Å². The molecular weight excluding hydrogens is 342 g/mol. The van der Waals surface area contributed by atoms with Crippen molar-refractivity contribution in [3.8, 4) is 0 Å². The number of esters is 1. The first kappa shape index (κ1) is 17.7. The Morgan fingerprint density at radius 3 is 2.73 bits per heavy atom. The standard InChI is InChI=1S/C19H16F2N2O3/c1-23-16(22-15-8-3-2-6-13(15)19(23)25)9-10-17(24)26-11-12-5-4-7-14(20)18(12)21/h2-8H,9-11H2,1H3. The maximum absolute atomic E-state index is 13.5. The third-order valence-electron chi connectivity index (χ3n) is 4.05. The summed E-state index contributed by atoms with van der Waals surface area (Å²) in [5.41, 5.74) is 0.330. The van der Waals surface area contributed by atoms with Crippen molar-refractivity contribution in [2.24, 2.45) is 7.05 Å². The van der Waals surface area contributed by atoms with Crippen molar-refractivity contribution in [1.29, 1.82) is 0 Å². The average Bonchev–Trinajstić information content (AvgIpc) is 2.64. The van der Waals surface area contributed by atoms with Crippen molar-refractivity contribution in [3.63, 3.8) is 0 Å². The molecule has 0 aliphatic rings. The molecular formula is C19H16F2N2O3. The topological polar surface area (TPSA) is 61.2 Å². The van der Waals surface area contributed by atoms with E-state index in [2.05, 4.69) is 4.98 Å². The van der Waals surface area contributed by atoms with Gasteiger partial charge in [-0.15, -0.1) is 0 Å². The zero-order chi connectivity index (χ0) is 18.7. The van der Waals surface area contributed by atoms with E-state index in [1.807, 2.05) is 0 Å². The molecule has 2 aromatic carbocycles. The van der Waals surface area contributed by atoms with Gasteiger partial charge in [0, 0.05) is 19.0 Å². The zero-order valence-electron chi connectivity index (χ0n) is 14.0. The van der Waals surface area contributed by atoms with Crippen molar-refractivity contribution < 1.29 is 18.3 Å². The smallest absolute Gasteiger partial charge is 0.306 e. The number of nitrogens with zero attached hydrogens (tertiary/aromatic N) is 2. The lowest BCUT2D eigenvalue weighted by atomic mass is 10.2. The van der Waals surface area contributed by atoms with E-state index in [1.54, 1.807) is 31.3 Å². The number of rotatable bonds is 5. The van der Waals surface area contributed by atoms with Crippen LogP contribution in [0.3, 0.4) is 0 Å². The van der Waals surface area contributed by atoms with E-state index < -0.39 is 17.6 Å². The number of hydrogen-bond donors (Lipinski definition) is 0. The maximum Gasteiger partial charge on any atom is 0.306 e. The Labute approximate surface area is 147 Å². The molecule has 0 saturated heterocycles. The number of ether oxygens (including phenoxy) is 1. The highest BCUT2D eigenvalue weighted by Gasteiger charge is 2.13. The minimum Gasteiger partial charge on any atom is -0.461 e. The molecule has 0 spiro atoms. The van der Waals surface area contributed by atoms with Gasteiger partial charge in [-0.3, -0.25) is 14.2 Å². The molecule has 0 bridgehead atoms. The maximum atomic E-state index is 13.5. The lowest BCUT2D eigenvalue weighted by molar-refractivity contribution is -0.145. The van der Waals surface area contributed by atoms with Gasteiger partial charge in [0.2, 0.25) is 0 Å². The first-order valence-corrected chi connectivity index (χ1v) is 8.00. The van der Waals surface area contributed by atoms with Crippen LogP contribution in [-0.2, 0) is 29.6 Å². The summed E-state index contributed by atoms with van der Waals surface area (Å²) >= 11 is 0. The van der Waals surface area contributed by atoms with Crippen LogP contribution in [0.2, 0.25) is 0 Å². The van der Waals surface area contributed by atoms with Crippen molar-refractivity contribution in [3.05, 3.63) is 75.8 Å². The van der Waals surface area contributed by atoms with Gasteiger partial charge in [0.05, 0.1) is 17.3 Å². The Kier molecular flexibility index (Phi) is 5.06. The molecule has 0 radical (unpaired) electrons. The van der Waals surface area contributed by atoms with Crippen LogP contribution in [-0.4, -0.2) is 15.5 Å². The summed E-state index contributed by atoms with van der Waals surface area (Å²) < 4.78 is 33.0. The fourth-order valence-corrected chi connectivity index (χ4v) is 2.59. The Balaban J connectivity index is 1.66. The zero-order valence-corrected chi connectivity index (χ0v) is 14.0. The minimum absolute atomic E-state index is 0.0322. The molecule has 0 aliphatic carbocycles. The largest absolute Gasteiger partial charge is 0.461 e. The highest BCUT2D eigenvalue weighted by Crippen LogP contribution is 2.13. The minimum atomic E-state index is -1.03. The van der Waals surface area contributed by atoms with E-state index in [0.717, 1.165) is 6.07 Å². The van der Waals surface area contributed by atoms with E-state index in [0.29, 0.717) is 16.7 Å². The molecule has 134 valence electrons. The number of benzene rings is 2. The Morgan fingerprint density at radius 2 is 1.92 bits per heavy atom. The second-order valence-corrected chi connectivity index (χ2v) is 5.78. The van der Waals surface area contributed by atoms with Crippen LogP contribution < -0.4 is 5.56 Å². The molecule has 0 unspecified atom stereocenters. The van der Waals surface area contributed by atoms with Crippen molar-refractivity contribution in [1.82, 2.24) is 9.55 Å². The monoisotopic (exact) mass is 358 g/mol. The molecule has 0 aliphatic heterocycles. The average molecular weight is 358 g/mol. The third kappa shape index (κ3) is 3.61. The Bertz CT molecular complexity index is 1030. The first-order valence-electron chi connectivity index (χ1n) is 8.00. The van der Waals surface area contributed by atoms with E-state index >= 15 is 0 Å². The van der Waals surface area contributed by atoms with Gasteiger partial charge in [-0.25, -0.2) is 13.8 Å².